The molecule has 0 saturated carbocycles. The van der Waals surface area contributed by atoms with Crippen LogP contribution in [-0.4, -0.2) is 6.04 Å². The third-order valence-electron chi connectivity index (χ3n) is 13.8. The molecule has 0 amide bonds. The number of hydrogen-bond acceptors (Lipinski definition) is 3. The van der Waals surface area contributed by atoms with Crippen molar-refractivity contribution in [3.8, 4) is 22.3 Å². The molecule has 10 aromatic carbocycles. The van der Waals surface area contributed by atoms with E-state index in [2.05, 4.69) is 241 Å². The number of hydrogen-bond donors (Lipinski definition) is 0. The standard InChI is InChI=1S/C63H44N2O/c1-41-14-3-2-4-15-43-16-5-11-24-59(43)64(41)49-34-37-61-47(39-49)27-26-46-38-45(50-22-13-23-57-56-21-10-12-25-62(56)66-63(50)57)31-36-60(46)65(61)48-32-28-42(29-33-48)44-30-35-55-53-19-7-6-17-51(53)52-18-8-9-20-54(52)58(55)40-44/h2-14,16-41H,15H2,1H3/b4-2-,14-3-. The maximum atomic E-state index is 6.55. The van der Waals surface area contributed by atoms with E-state index in [1.165, 1.54) is 54.7 Å². The molecule has 0 aliphatic carbocycles. The van der Waals surface area contributed by atoms with E-state index in [1.54, 1.807) is 0 Å². The van der Waals surface area contributed by atoms with Gasteiger partial charge >= 0.3 is 0 Å². The number of para-hydroxylation sites is 3. The summed E-state index contributed by atoms with van der Waals surface area (Å²) in [6.45, 7) is 2.28. The lowest BCUT2D eigenvalue weighted by atomic mass is 9.92. The van der Waals surface area contributed by atoms with Crippen LogP contribution in [0.1, 0.15) is 23.6 Å². The zero-order chi connectivity index (χ0) is 43.7. The monoisotopic (exact) mass is 844 g/mol. The topological polar surface area (TPSA) is 19.6 Å². The molecule has 0 spiro atoms. The summed E-state index contributed by atoms with van der Waals surface area (Å²) >= 11 is 0. The fourth-order valence-corrected chi connectivity index (χ4v) is 10.6. The average Bonchev–Trinajstić information content (AvgIpc) is 3.71. The molecule has 13 rings (SSSR count). The zero-order valence-corrected chi connectivity index (χ0v) is 36.5. The van der Waals surface area contributed by atoms with Crippen molar-refractivity contribution in [3.05, 3.63) is 235 Å². The summed E-state index contributed by atoms with van der Waals surface area (Å²) in [4.78, 5) is 4.91. The van der Waals surface area contributed by atoms with Gasteiger partial charge in [-0.15, -0.1) is 0 Å². The molecule has 0 fully saturated rings. The maximum absolute atomic E-state index is 6.55. The number of anilines is 5. The summed E-state index contributed by atoms with van der Waals surface area (Å²) in [6.07, 6.45) is 14.4. The molecule has 1 unspecified atom stereocenters. The van der Waals surface area contributed by atoms with Gasteiger partial charge in [0.25, 0.3) is 0 Å². The van der Waals surface area contributed by atoms with Crippen LogP contribution in [0, 0.1) is 0 Å². The fourth-order valence-electron chi connectivity index (χ4n) is 10.6. The van der Waals surface area contributed by atoms with Gasteiger partial charge in [0.1, 0.15) is 11.2 Å². The Balaban J connectivity index is 0.953. The normalized spacial score (nSPS) is 15.6. The first-order valence-electron chi connectivity index (χ1n) is 23.0. The number of nitrogens with zero attached hydrogens (tertiary/aromatic N) is 2. The molecule has 2 aliphatic rings. The molecule has 0 N–H and O–H groups in total. The van der Waals surface area contributed by atoms with Gasteiger partial charge in [0, 0.05) is 45.0 Å². The predicted molar refractivity (Wildman–Crippen MR) is 281 cm³/mol. The van der Waals surface area contributed by atoms with E-state index in [-0.39, 0.29) is 6.04 Å². The highest BCUT2D eigenvalue weighted by Gasteiger charge is 2.25. The van der Waals surface area contributed by atoms with Crippen LogP contribution in [0.15, 0.2) is 223 Å². The first-order chi connectivity index (χ1) is 32.6. The molecular weight excluding hydrogens is 801 g/mol. The summed E-state index contributed by atoms with van der Waals surface area (Å²) in [5.74, 6) is 0. The van der Waals surface area contributed by atoms with Gasteiger partial charge in [-0.05, 0) is 134 Å². The quantitative estimate of drug-likeness (QED) is 0.165. The molecule has 312 valence electrons. The summed E-state index contributed by atoms with van der Waals surface area (Å²) in [7, 11) is 0. The Kier molecular flexibility index (Phi) is 8.89. The van der Waals surface area contributed by atoms with Crippen LogP contribution in [0.25, 0.3) is 88.7 Å². The summed E-state index contributed by atoms with van der Waals surface area (Å²) in [5.41, 5.74) is 15.7. The van der Waals surface area contributed by atoms with Crippen molar-refractivity contribution in [3.63, 3.8) is 0 Å². The number of benzene rings is 10. The first kappa shape index (κ1) is 38.1. The van der Waals surface area contributed by atoms with Crippen LogP contribution in [0.5, 0.6) is 0 Å². The number of furan rings is 1. The van der Waals surface area contributed by atoms with Gasteiger partial charge in [-0.2, -0.15) is 0 Å². The van der Waals surface area contributed by atoms with E-state index in [1.807, 2.05) is 6.07 Å². The molecule has 11 aromatic rings. The Morgan fingerprint density at radius 1 is 0.439 bits per heavy atom. The molecule has 2 aliphatic heterocycles. The van der Waals surface area contributed by atoms with Gasteiger partial charge in [-0.25, -0.2) is 0 Å². The zero-order valence-electron chi connectivity index (χ0n) is 36.5. The first-order valence-corrected chi connectivity index (χ1v) is 23.0. The van der Waals surface area contributed by atoms with Crippen molar-refractivity contribution in [1.29, 1.82) is 0 Å². The van der Waals surface area contributed by atoms with E-state index in [0.717, 1.165) is 73.4 Å². The van der Waals surface area contributed by atoms with Gasteiger partial charge in [0.2, 0.25) is 0 Å². The summed E-state index contributed by atoms with van der Waals surface area (Å²) in [6, 6.07) is 71.2. The minimum absolute atomic E-state index is 0.137. The lowest BCUT2D eigenvalue weighted by molar-refractivity contribution is 0.670. The van der Waals surface area contributed by atoms with Crippen molar-refractivity contribution in [2.24, 2.45) is 0 Å². The molecule has 0 saturated heterocycles. The van der Waals surface area contributed by atoms with Crippen LogP contribution in [0.4, 0.5) is 28.4 Å². The highest BCUT2D eigenvalue weighted by molar-refractivity contribution is 6.25. The number of allylic oxidation sites excluding steroid dienone is 3. The largest absolute Gasteiger partial charge is 0.455 e. The van der Waals surface area contributed by atoms with E-state index in [0.29, 0.717) is 0 Å². The molecule has 3 heterocycles. The fraction of sp³-hybridized carbons (Fsp3) is 0.0476. The van der Waals surface area contributed by atoms with E-state index in [4.69, 9.17) is 4.42 Å². The molecule has 1 atom stereocenters. The molecular formula is C63H44N2O. The molecule has 3 nitrogen and oxygen atoms in total. The Bertz CT molecular complexity index is 3790. The lowest BCUT2D eigenvalue weighted by Crippen LogP contribution is -2.27. The average molecular weight is 845 g/mol. The third kappa shape index (κ3) is 6.19. The van der Waals surface area contributed by atoms with Gasteiger partial charge in [-0.1, -0.05) is 170 Å². The number of rotatable bonds is 4. The van der Waals surface area contributed by atoms with E-state index < -0.39 is 0 Å². The Hall–Kier alpha value is -8.40. The molecule has 66 heavy (non-hydrogen) atoms. The Morgan fingerprint density at radius 2 is 1.05 bits per heavy atom. The predicted octanol–water partition coefficient (Wildman–Crippen LogP) is 17.5. The van der Waals surface area contributed by atoms with Crippen molar-refractivity contribution in [2.45, 2.75) is 19.4 Å². The number of fused-ring (bicyclic) bond motifs is 12. The van der Waals surface area contributed by atoms with Crippen LogP contribution in [0.3, 0.4) is 0 Å². The van der Waals surface area contributed by atoms with Crippen LogP contribution < -0.4 is 9.80 Å². The minimum atomic E-state index is 0.137. The van der Waals surface area contributed by atoms with Crippen molar-refractivity contribution >= 4 is 94.8 Å². The minimum Gasteiger partial charge on any atom is -0.455 e. The van der Waals surface area contributed by atoms with Crippen LogP contribution >= 0.6 is 0 Å². The van der Waals surface area contributed by atoms with E-state index in [9.17, 15) is 0 Å². The third-order valence-corrected chi connectivity index (χ3v) is 13.8. The van der Waals surface area contributed by atoms with Crippen molar-refractivity contribution < 1.29 is 4.42 Å². The summed E-state index contributed by atoms with van der Waals surface area (Å²) in [5, 5.41) is 9.96. The smallest absolute Gasteiger partial charge is 0.143 e. The van der Waals surface area contributed by atoms with Crippen LogP contribution in [0.2, 0.25) is 0 Å². The lowest BCUT2D eigenvalue weighted by Gasteiger charge is -2.33. The van der Waals surface area contributed by atoms with Gasteiger partial charge in [-0.3, -0.25) is 0 Å². The summed E-state index contributed by atoms with van der Waals surface area (Å²) < 4.78 is 6.55. The van der Waals surface area contributed by atoms with Crippen molar-refractivity contribution in [2.75, 3.05) is 9.80 Å². The molecule has 1 aromatic heterocycles. The molecule has 3 heteroatoms. The van der Waals surface area contributed by atoms with Gasteiger partial charge in [0.05, 0.1) is 11.4 Å². The highest BCUT2D eigenvalue weighted by Crippen LogP contribution is 2.47. The van der Waals surface area contributed by atoms with Gasteiger partial charge in [0.15, 0.2) is 0 Å². The maximum Gasteiger partial charge on any atom is 0.143 e. The second kappa shape index (κ2) is 15.4. The Labute approximate surface area is 384 Å². The second-order valence-electron chi connectivity index (χ2n) is 17.6. The van der Waals surface area contributed by atoms with Gasteiger partial charge < -0.3 is 14.2 Å². The Morgan fingerprint density at radius 3 is 1.83 bits per heavy atom. The van der Waals surface area contributed by atoms with Crippen molar-refractivity contribution in [1.82, 2.24) is 0 Å². The SMILES string of the molecule is CC1/C=C\C=C/Cc2ccccc2N1c1ccc2c(c1)C=Cc1cc(-c3cccc4c3oc3ccccc34)ccc1N2c1ccc(-c2ccc3c4ccccc4c4ccccc4c3c2)cc1. The molecule has 0 bridgehead atoms. The highest BCUT2D eigenvalue weighted by atomic mass is 16.3. The van der Waals surface area contributed by atoms with E-state index >= 15 is 0 Å². The van der Waals surface area contributed by atoms with Crippen LogP contribution in [-0.2, 0) is 6.42 Å². The second-order valence-corrected chi connectivity index (χ2v) is 17.6. The molecule has 0 radical (unpaired) electrons.